The molecule has 0 radical (unpaired) electrons. The smallest absolute Gasteiger partial charge is 0.306 e. The number of hydrogen-bond donors (Lipinski definition) is 1. The SMILES string of the molecule is O=C(O)C1CCN(CC(Cl)c2ccc(F)cc2)CC1. The molecule has 1 N–H and O–H groups in total. The molecular formula is C14H17ClFNO2. The van der Waals surface area contributed by atoms with Crippen molar-refractivity contribution in [1.82, 2.24) is 4.90 Å². The van der Waals surface area contributed by atoms with Gasteiger partial charge in [-0.3, -0.25) is 4.79 Å². The molecule has 0 saturated carbocycles. The number of carbonyl (C=O) groups is 1. The Morgan fingerprint density at radius 3 is 2.47 bits per heavy atom. The molecule has 1 unspecified atom stereocenters. The van der Waals surface area contributed by atoms with E-state index in [1.54, 1.807) is 12.1 Å². The van der Waals surface area contributed by atoms with E-state index >= 15 is 0 Å². The van der Waals surface area contributed by atoms with E-state index in [4.69, 9.17) is 16.7 Å². The minimum Gasteiger partial charge on any atom is -0.481 e. The highest BCUT2D eigenvalue weighted by molar-refractivity contribution is 6.21. The average Bonchev–Trinajstić information content (AvgIpc) is 2.40. The van der Waals surface area contributed by atoms with Crippen molar-refractivity contribution >= 4 is 17.6 Å². The quantitative estimate of drug-likeness (QED) is 0.865. The maximum Gasteiger partial charge on any atom is 0.306 e. The van der Waals surface area contributed by atoms with Gasteiger partial charge in [-0.2, -0.15) is 0 Å². The number of hydrogen-bond acceptors (Lipinski definition) is 2. The predicted octanol–water partition coefficient (Wildman–Crippen LogP) is 2.90. The molecule has 1 aliphatic heterocycles. The van der Waals surface area contributed by atoms with Crippen LogP contribution in [0.1, 0.15) is 23.8 Å². The third kappa shape index (κ3) is 3.91. The van der Waals surface area contributed by atoms with Crippen molar-refractivity contribution in [1.29, 1.82) is 0 Å². The molecule has 1 aromatic carbocycles. The highest BCUT2D eigenvalue weighted by Gasteiger charge is 2.25. The summed E-state index contributed by atoms with van der Waals surface area (Å²) < 4.78 is 12.8. The van der Waals surface area contributed by atoms with Crippen molar-refractivity contribution in [2.45, 2.75) is 18.2 Å². The summed E-state index contributed by atoms with van der Waals surface area (Å²) in [6, 6.07) is 6.19. The third-order valence-electron chi connectivity index (χ3n) is 3.59. The van der Waals surface area contributed by atoms with E-state index in [9.17, 15) is 9.18 Å². The number of rotatable bonds is 4. The summed E-state index contributed by atoms with van der Waals surface area (Å²) in [7, 11) is 0. The second-order valence-corrected chi connectivity index (χ2v) is 5.46. The lowest BCUT2D eigenvalue weighted by atomic mass is 9.97. The van der Waals surface area contributed by atoms with Crippen LogP contribution in [0, 0.1) is 11.7 Å². The van der Waals surface area contributed by atoms with Gasteiger partial charge in [0.15, 0.2) is 0 Å². The van der Waals surface area contributed by atoms with Crippen LogP contribution in [0.4, 0.5) is 4.39 Å². The van der Waals surface area contributed by atoms with E-state index in [1.807, 2.05) is 0 Å². The molecule has 1 aromatic rings. The van der Waals surface area contributed by atoms with Crippen molar-refractivity contribution in [3.63, 3.8) is 0 Å². The lowest BCUT2D eigenvalue weighted by molar-refractivity contribution is -0.143. The van der Waals surface area contributed by atoms with Crippen LogP contribution in [0.5, 0.6) is 0 Å². The molecule has 1 heterocycles. The van der Waals surface area contributed by atoms with Crippen LogP contribution in [0.25, 0.3) is 0 Å². The number of likely N-dealkylation sites (tertiary alicyclic amines) is 1. The van der Waals surface area contributed by atoms with Crippen molar-refractivity contribution < 1.29 is 14.3 Å². The molecule has 1 atom stereocenters. The van der Waals surface area contributed by atoms with Gasteiger partial charge in [0.1, 0.15) is 5.82 Å². The number of carboxylic acid groups (broad SMARTS) is 1. The molecule has 1 aliphatic rings. The maximum absolute atomic E-state index is 12.8. The maximum atomic E-state index is 12.8. The van der Waals surface area contributed by atoms with Crippen LogP contribution in [0.2, 0.25) is 0 Å². The fourth-order valence-electron chi connectivity index (χ4n) is 2.37. The van der Waals surface area contributed by atoms with Crippen LogP contribution in [-0.4, -0.2) is 35.6 Å². The summed E-state index contributed by atoms with van der Waals surface area (Å²) in [5, 5.41) is 8.74. The molecule has 0 amide bonds. The van der Waals surface area contributed by atoms with E-state index < -0.39 is 5.97 Å². The van der Waals surface area contributed by atoms with Gasteiger partial charge >= 0.3 is 5.97 Å². The Balaban J connectivity index is 1.85. The van der Waals surface area contributed by atoms with Gasteiger partial charge in [0.25, 0.3) is 0 Å². The summed E-state index contributed by atoms with van der Waals surface area (Å²) in [6.07, 6.45) is 1.34. The zero-order chi connectivity index (χ0) is 13.8. The molecule has 104 valence electrons. The minimum absolute atomic E-state index is 0.193. The first-order chi connectivity index (χ1) is 9.06. The van der Waals surface area contributed by atoms with Crippen LogP contribution in [0.15, 0.2) is 24.3 Å². The second-order valence-electron chi connectivity index (χ2n) is 4.93. The van der Waals surface area contributed by atoms with E-state index in [-0.39, 0.29) is 17.1 Å². The second kappa shape index (κ2) is 6.35. The van der Waals surface area contributed by atoms with Gasteiger partial charge in [0, 0.05) is 6.54 Å². The monoisotopic (exact) mass is 285 g/mol. The van der Waals surface area contributed by atoms with E-state index in [2.05, 4.69) is 4.90 Å². The van der Waals surface area contributed by atoms with Crippen molar-refractivity contribution in [3.05, 3.63) is 35.6 Å². The largest absolute Gasteiger partial charge is 0.481 e. The van der Waals surface area contributed by atoms with Crippen molar-refractivity contribution in [2.75, 3.05) is 19.6 Å². The van der Waals surface area contributed by atoms with Crippen LogP contribution < -0.4 is 0 Å². The van der Waals surface area contributed by atoms with Gasteiger partial charge in [-0.25, -0.2) is 4.39 Å². The Labute approximate surface area is 117 Å². The number of carboxylic acids is 1. The van der Waals surface area contributed by atoms with E-state index in [1.165, 1.54) is 12.1 Å². The van der Waals surface area contributed by atoms with Gasteiger partial charge in [-0.05, 0) is 43.6 Å². The first-order valence-corrected chi connectivity index (χ1v) is 6.84. The molecule has 0 spiro atoms. The molecule has 0 aromatic heterocycles. The Bertz CT molecular complexity index is 430. The topological polar surface area (TPSA) is 40.5 Å². The summed E-state index contributed by atoms with van der Waals surface area (Å²) in [5.41, 5.74) is 0.892. The molecule has 0 bridgehead atoms. The number of aliphatic carboxylic acids is 1. The Morgan fingerprint density at radius 1 is 1.37 bits per heavy atom. The number of nitrogens with zero attached hydrogens (tertiary/aromatic N) is 1. The lowest BCUT2D eigenvalue weighted by Gasteiger charge is -2.31. The van der Waals surface area contributed by atoms with Crippen LogP contribution >= 0.6 is 11.6 Å². The first-order valence-electron chi connectivity index (χ1n) is 6.41. The summed E-state index contributed by atoms with van der Waals surface area (Å²) in [6.45, 7) is 2.17. The van der Waals surface area contributed by atoms with Crippen molar-refractivity contribution in [2.24, 2.45) is 5.92 Å². The molecular weight excluding hydrogens is 269 g/mol. The van der Waals surface area contributed by atoms with Gasteiger partial charge in [-0.1, -0.05) is 12.1 Å². The fraction of sp³-hybridized carbons (Fsp3) is 0.500. The summed E-state index contributed by atoms with van der Waals surface area (Å²) >= 11 is 6.31. The first kappa shape index (κ1) is 14.3. The number of benzene rings is 1. The number of alkyl halides is 1. The van der Waals surface area contributed by atoms with E-state index in [0.717, 1.165) is 18.7 Å². The predicted molar refractivity (Wildman–Crippen MR) is 71.8 cm³/mol. The zero-order valence-electron chi connectivity index (χ0n) is 10.6. The normalized spacial score (nSPS) is 19.3. The Kier molecular flexibility index (Phi) is 4.77. The molecule has 2 rings (SSSR count). The fourth-order valence-corrected chi connectivity index (χ4v) is 2.71. The molecule has 1 fully saturated rings. The summed E-state index contributed by atoms with van der Waals surface area (Å²) in [5.74, 6) is -1.20. The zero-order valence-corrected chi connectivity index (χ0v) is 11.3. The Hall–Kier alpha value is -1.13. The average molecular weight is 286 g/mol. The number of piperidine rings is 1. The molecule has 1 saturated heterocycles. The lowest BCUT2D eigenvalue weighted by Crippen LogP contribution is -2.37. The standard InChI is InChI=1S/C14H17ClFNO2/c15-13(10-1-3-12(16)4-2-10)9-17-7-5-11(6-8-17)14(18)19/h1-4,11,13H,5-9H2,(H,18,19). The van der Waals surface area contributed by atoms with Crippen LogP contribution in [-0.2, 0) is 4.79 Å². The van der Waals surface area contributed by atoms with E-state index in [0.29, 0.717) is 19.4 Å². The van der Waals surface area contributed by atoms with Crippen LogP contribution in [0.3, 0.4) is 0 Å². The Morgan fingerprint density at radius 2 is 1.95 bits per heavy atom. The van der Waals surface area contributed by atoms with Gasteiger partial charge in [-0.15, -0.1) is 11.6 Å². The molecule has 3 nitrogen and oxygen atoms in total. The third-order valence-corrected chi connectivity index (χ3v) is 3.98. The minimum atomic E-state index is -0.708. The van der Waals surface area contributed by atoms with Gasteiger partial charge in [0.05, 0.1) is 11.3 Å². The highest BCUT2D eigenvalue weighted by Crippen LogP contribution is 2.25. The van der Waals surface area contributed by atoms with Crippen molar-refractivity contribution in [3.8, 4) is 0 Å². The highest BCUT2D eigenvalue weighted by atomic mass is 35.5. The molecule has 19 heavy (non-hydrogen) atoms. The van der Waals surface area contributed by atoms with Gasteiger partial charge < -0.3 is 10.0 Å². The molecule has 0 aliphatic carbocycles. The summed E-state index contributed by atoms with van der Waals surface area (Å²) in [4.78, 5) is 13.0. The number of halogens is 2. The molecule has 5 heteroatoms. The van der Waals surface area contributed by atoms with Gasteiger partial charge in [0.2, 0.25) is 0 Å².